The highest BCUT2D eigenvalue weighted by atomic mass is 79.9. The summed E-state index contributed by atoms with van der Waals surface area (Å²) in [6.07, 6.45) is -0.444. The normalized spacial score (nSPS) is 10.1. The Balaban J connectivity index is 1.92. The molecule has 0 atom stereocenters. The van der Waals surface area contributed by atoms with Crippen LogP contribution in [0.25, 0.3) is 0 Å². The van der Waals surface area contributed by atoms with E-state index in [1.165, 1.54) is 6.07 Å². The van der Waals surface area contributed by atoms with Gasteiger partial charge in [-0.25, -0.2) is 8.78 Å². The van der Waals surface area contributed by atoms with Gasteiger partial charge in [0.25, 0.3) is 0 Å². The number of rotatable bonds is 4. The van der Waals surface area contributed by atoms with Crippen LogP contribution < -0.4 is 10.6 Å². The molecule has 0 aliphatic carbocycles. The fourth-order valence-corrected chi connectivity index (χ4v) is 2.07. The summed E-state index contributed by atoms with van der Waals surface area (Å²) in [5.74, 6) is -3.23. The van der Waals surface area contributed by atoms with Crippen LogP contribution in [-0.2, 0) is 9.59 Å². The number of anilines is 2. The Morgan fingerprint density at radius 1 is 0.955 bits per heavy atom. The molecule has 2 amide bonds. The van der Waals surface area contributed by atoms with Crippen molar-refractivity contribution in [2.45, 2.75) is 6.42 Å². The number of para-hydroxylation sites is 1. The van der Waals surface area contributed by atoms with Gasteiger partial charge in [0.15, 0.2) is 11.6 Å². The second-order valence-corrected chi connectivity index (χ2v) is 5.24. The first-order valence-corrected chi connectivity index (χ1v) is 7.04. The monoisotopic (exact) mass is 368 g/mol. The quantitative estimate of drug-likeness (QED) is 0.808. The molecule has 0 saturated heterocycles. The third-order valence-corrected chi connectivity index (χ3v) is 3.36. The van der Waals surface area contributed by atoms with Crippen molar-refractivity contribution in [3.63, 3.8) is 0 Å². The maximum Gasteiger partial charge on any atom is 0.233 e. The van der Waals surface area contributed by atoms with E-state index in [0.29, 0.717) is 10.2 Å². The molecule has 7 heteroatoms. The van der Waals surface area contributed by atoms with E-state index in [1.54, 1.807) is 24.3 Å². The molecule has 2 aromatic rings. The molecule has 0 unspecified atom stereocenters. The van der Waals surface area contributed by atoms with Crippen LogP contribution in [0.2, 0.25) is 0 Å². The van der Waals surface area contributed by atoms with Crippen molar-refractivity contribution in [2.24, 2.45) is 0 Å². The van der Waals surface area contributed by atoms with E-state index < -0.39 is 29.9 Å². The van der Waals surface area contributed by atoms with Crippen LogP contribution in [-0.4, -0.2) is 11.8 Å². The predicted octanol–water partition coefficient (Wildman–Crippen LogP) is 3.69. The minimum absolute atomic E-state index is 0.0811. The second-order valence-electron chi connectivity index (χ2n) is 4.38. The Morgan fingerprint density at radius 2 is 1.64 bits per heavy atom. The summed E-state index contributed by atoms with van der Waals surface area (Å²) >= 11 is 3.27. The maximum atomic E-state index is 13.0. The van der Waals surface area contributed by atoms with Gasteiger partial charge in [-0.05, 0) is 40.2 Å². The van der Waals surface area contributed by atoms with E-state index in [4.69, 9.17) is 0 Å². The number of benzene rings is 2. The number of amides is 2. The Bertz CT molecular complexity index is 722. The van der Waals surface area contributed by atoms with Gasteiger partial charge in [-0.2, -0.15) is 0 Å². The van der Waals surface area contributed by atoms with Crippen molar-refractivity contribution in [1.29, 1.82) is 0 Å². The molecule has 0 aromatic heterocycles. The van der Waals surface area contributed by atoms with Crippen LogP contribution in [0.1, 0.15) is 6.42 Å². The zero-order chi connectivity index (χ0) is 16.1. The Morgan fingerprint density at radius 3 is 2.32 bits per heavy atom. The van der Waals surface area contributed by atoms with Crippen molar-refractivity contribution >= 4 is 39.1 Å². The van der Waals surface area contributed by atoms with Crippen LogP contribution >= 0.6 is 15.9 Å². The first-order chi connectivity index (χ1) is 10.5. The molecule has 2 aromatic carbocycles. The second kappa shape index (κ2) is 7.13. The fourth-order valence-electron chi connectivity index (χ4n) is 1.68. The third-order valence-electron chi connectivity index (χ3n) is 2.67. The molecular formula is C15H11BrF2N2O2. The van der Waals surface area contributed by atoms with E-state index >= 15 is 0 Å². The topological polar surface area (TPSA) is 58.2 Å². The van der Waals surface area contributed by atoms with Crippen LogP contribution in [0.15, 0.2) is 46.9 Å². The molecule has 0 saturated carbocycles. The molecule has 114 valence electrons. The van der Waals surface area contributed by atoms with Gasteiger partial charge in [0.1, 0.15) is 6.42 Å². The lowest BCUT2D eigenvalue weighted by Gasteiger charge is -2.08. The lowest BCUT2D eigenvalue weighted by Crippen LogP contribution is -2.21. The van der Waals surface area contributed by atoms with Gasteiger partial charge in [0.2, 0.25) is 11.8 Å². The summed E-state index contributed by atoms with van der Waals surface area (Å²) in [6.45, 7) is 0. The van der Waals surface area contributed by atoms with Crippen LogP contribution in [0.5, 0.6) is 0 Å². The van der Waals surface area contributed by atoms with Crippen LogP contribution in [0.4, 0.5) is 20.2 Å². The average molecular weight is 369 g/mol. The molecule has 0 fully saturated rings. The maximum absolute atomic E-state index is 13.0. The minimum Gasteiger partial charge on any atom is -0.326 e. The van der Waals surface area contributed by atoms with Crippen molar-refractivity contribution in [3.8, 4) is 0 Å². The first kappa shape index (κ1) is 16.1. The van der Waals surface area contributed by atoms with Crippen LogP contribution in [0, 0.1) is 11.6 Å². The summed E-state index contributed by atoms with van der Waals surface area (Å²) in [4.78, 5) is 23.5. The molecule has 2 N–H and O–H groups in total. The third kappa shape index (κ3) is 4.36. The molecular weight excluding hydrogens is 358 g/mol. The smallest absolute Gasteiger partial charge is 0.233 e. The summed E-state index contributed by atoms with van der Waals surface area (Å²) in [5.41, 5.74) is 0.616. The number of halogens is 3. The predicted molar refractivity (Wildman–Crippen MR) is 82.4 cm³/mol. The van der Waals surface area contributed by atoms with Gasteiger partial charge >= 0.3 is 0 Å². The Hall–Kier alpha value is -2.28. The van der Waals surface area contributed by atoms with Crippen molar-refractivity contribution in [1.82, 2.24) is 0 Å². The van der Waals surface area contributed by atoms with Gasteiger partial charge in [-0.15, -0.1) is 0 Å². The average Bonchev–Trinajstić information content (AvgIpc) is 2.45. The SMILES string of the molecule is O=C(CC(=O)Nc1ccccc1Br)Nc1ccc(F)c(F)c1. The number of nitrogens with one attached hydrogen (secondary N) is 2. The summed E-state index contributed by atoms with van der Waals surface area (Å²) in [6, 6.07) is 9.90. The van der Waals surface area contributed by atoms with E-state index in [1.807, 2.05) is 0 Å². The molecule has 0 spiro atoms. The summed E-state index contributed by atoms with van der Waals surface area (Å²) in [7, 11) is 0. The largest absolute Gasteiger partial charge is 0.326 e. The van der Waals surface area contributed by atoms with Crippen molar-refractivity contribution in [3.05, 3.63) is 58.6 Å². The fraction of sp³-hybridized carbons (Fsp3) is 0.0667. The molecule has 0 aliphatic rings. The molecule has 22 heavy (non-hydrogen) atoms. The van der Waals surface area contributed by atoms with E-state index in [9.17, 15) is 18.4 Å². The molecule has 4 nitrogen and oxygen atoms in total. The number of carbonyl (C=O) groups excluding carboxylic acids is 2. The lowest BCUT2D eigenvalue weighted by atomic mass is 10.2. The standard InChI is InChI=1S/C15H11BrF2N2O2/c16-10-3-1-2-4-13(10)20-15(22)8-14(21)19-9-5-6-11(17)12(18)7-9/h1-7H,8H2,(H,19,21)(H,20,22). The summed E-state index contributed by atoms with van der Waals surface area (Å²) < 4.78 is 26.5. The minimum atomic E-state index is -1.07. The van der Waals surface area contributed by atoms with E-state index in [-0.39, 0.29) is 5.69 Å². The van der Waals surface area contributed by atoms with E-state index in [2.05, 4.69) is 26.6 Å². The van der Waals surface area contributed by atoms with Crippen molar-refractivity contribution < 1.29 is 18.4 Å². The highest BCUT2D eigenvalue weighted by molar-refractivity contribution is 9.10. The number of hydrogen-bond donors (Lipinski definition) is 2. The first-order valence-electron chi connectivity index (χ1n) is 6.25. The van der Waals surface area contributed by atoms with Crippen molar-refractivity contribution in [2.75, 3.05) is 10.6 Å². The molecule has 0 bridgehead atoms. The molecule has 0 heterocycles. The summed E-state index contributed by atoms with van der Waals surface area (Å²) in [5, 5.41) is 4.89. The molecule has 0 radical (unpaired) electrons. The zero-order valence-corrected chi connectivity index (χ0v) is 12.8. The molecule has 2 rings (SSSR count). The van der Waals surface area contributed by atoms with Gasteiger partial charge in [-0.3, -0.25) is 9.59 Å². The van der Waals surface area contributed by atoms with E-state index in [0.717, 1.165) is 12.1 Å². The lowest BCUT2D eigenvalue weighted by molar-refractivity contribution is -0.123. The van der Waals surface area contributed by atoms with Gasteiger partial charge in [-0.1, -0.05) is 12.1 Å². The number of carbonyl (C=O) groups is 2. The number of hydrogen-bond acceptors (Lipinski definition) is 2. The molecule has 0 aliphatic heterocycles. The van der Waals surface area contributed by atoms with Gasteiger partial charge in [0, 0.05) is 16.2 Å². The van der Waals surface area contributed by atoms with Gasteiger partial charge < -0.3 is 10.6 Å². The van der Waals surface area contributed by atoms with Gasteiger partial charge in [0.05, 0.1) is 5.69 Å². The zero-order valence-electron chi connectivity index (χ0n) is 11.2. The highest BCUT2D eigenvalue weighted by Gasteiger charge is 2.12. The highest BCUT2D eigenvalue weighted by Crippen LogP contribution is 2.21. The Kier molecular flexibility index (Phi) is 5.21. The van der Waals surface area contributed by atoms with Crippen LogP contribution in [0.3, 0.4) is 0 Å². The Labute approximate surface area is 133 Å².